The van der Waals surface area contributed by atoms with Crippen LogP contribution in [-0.4, -0.2) is 32.8 Å². The summed E-state index contributed by atoms with van der Waals surface area (Å²) in [5.74, 6) is 0.540. The Balaban J connectivity index is 1.82. The van der Waals surface area contributed by atoms with Gasteiger partial charge in [0.15, 0.2) is 0 Å². The molecule has 1 aliphatic rings. The van der Waals surface area contributed by atoms with E-state index in [1.165, 1.54) is 5.57 Å². The van der Waals surface area contributed by atoms with Crippen molar-refractivity contribution in [3.63, 3.8) is 0 Å². The number of benzene rings is 1. The zero-order valence-corrected chi connectivity index (χ0v) is 15.2. The van der Waals surface area contributed by atoms with Gasteiger partial charge < -0.3 is 14.2 Å². The van der Waals surface area contributed by atoms with Crippen molar-refractivity contribution in [3.05, 3.63) is 47.6 Å². The average Bonchev–Trinajstić information content (AvgIpc) is 2.67. The maximum absolute atomic E-state index is 12.0. The second-order valence-electron chi connectivity index (χ2n) is 6.17. The lowest BCUT2D eigenvalue weighted by Gasteiger charge is -2.16. The lowest BCUT2D eigenvalue weighted by Crippen LogP contribution is -2.05. The van der Waals surface area contributed by atoms with Gasteiger partial charge in [-0.2, -0.15) is 0 Å². The van der Waals surface area contributed by atoms with E-state index in [4.69, 9.17) is 9.47 Å². The molecule has 0 aliphatic heterocycles. The Labute approximate surface area is 154 Å². The van der Waals surface area contributed by atoms with Crippen molar-refractivity contribution in [2.24, 2.45) is 0 Å². The van der Waals surface area contributed by atoms with Crippen molar-refractivity contribution in [2.75, 3.05) is 20.3 Å². The van der Waals surface area contributed by atoms with Crippen LogP contribution in [-0.2, 0) is 19.1 Å². The van der Waals surface area contributed by atoms with Gasteiger partial charge in [0, 0.05) is 6.08 Å². The summed E-state index contributed by atoms with van der Waals surface area (Å²) in [4.78, 5) is 22.0. The molecule has 0 unspecified atom stereocenters. The highest BCUT2D eigenvalue weighted by atomic mass is 16.5. The van der Waals surface area contributed by atoms with Gasteiger partial charge in [-0.3, -0.25) is 4.79 Å². The second kappa shape index (κ2) is 11.1. The summed E-state index contributed by atoms with van der Waals surface area (Å²) in [6.45, 7) is 1.25. The topological polar surface area (TPSA) is 61.8 Å². The Bertz CT molecular complexity index is 643. The molecule has 0 spiro atoms. The molecule has 0 heterocycles. The third kappa shape index (κ3) is 6.75. The molecule has 0 amide bonds. The largest absolute Gasteiger partial charge is 0.497 e. The highest BCUT2D eigenvalue weighted by molar-refractivity contribution is 5.84. The number of rotatable bonds is 10. The van der Waals surface area contributed by atoms with Gasteiger partial charge in [-0.25, -0.2) is 4.79 Å². The van der Waals surface area contributed by atoms with Crippen LogP contribution >= 0.6 is 0 Å². The highest BCUT2D eigenvalue weighted by Crippen LogP contribution is 2.30. The molecule has 0 bridgehead atoms. The Kier molecular flexibility index (Phi) is 8.46. The predicted octanol–water partition coefficient (Wildman–Crippen LogP) is 4.08. The first kappa shape index (κ1) is 19.8. The first-order chi connectivity index (χ1) is 12.7. The molecule has 1 aliphatic carbocycles. The van der Waals surface area contributed by atoms with Crippen LogP contribution < -0.4 is 4.74 Å². The summed E-state index contributed by atoms with van der Waals surface area (Å²) in [7, 11) is 1.65. The molecular weight excluding hydrogens is 332 g/mol. The number of methoxy groups -OCH3 is 1. The summed E-state index contributed by atoms with van der Waals surface area (Å²) in [6.07, 6.45) is 9.00. The molecule has 5 nitrogen and oxygen atoms in total. The fourth-order valence-electron chi connectivity index (χ4n) is 2.88. The maximum atomic E-state index is 12.0. The van der Waals surface area contributed by atoms with Crippen LogP contribution in [0.2, 0.25) is 0 Å². The van der Waals surface area contributed by atoms with Gasteiger partial charge in [0.1, 0.15) is 5.75 Å². The fourth-order valence-corrected chi connectivity index (χ4v) is 2.88. The lowest BCUT2D eigenvalue weighted by atomic mass is 9.90. The van der Waals surface area contributed by atoms with Gasteiger partial charge in [0.25, 0.3) is 6.47 Å². The number of unbranched alkanes of at least 4 members (excludes halogenated alkanes) is 2. The molecule has 26 heavy (non-hydrogen) atoms. The zero-order valence-electron chi connectivity index (χ0n) is 15.2. The minimum atomic E-state index is -0.295. The standard InChI is InChI=1S/C21H26O5/c1-24-20-10-8-18(9-11-20)19-7-5-6-17(14-19)15-21(23)26-13-4-2-3-12-25-16-22/h8-11,14-16H,2-7,12-13H2,1H3/b17-15+. The molecule has 0 radical (unpaired) electrons. The van der Waals surface area contributed by atoms with Gasteiger partial charge in [0.05, 0.1) is 20.3 Å². The molecule has 0 saturated carbocycles. The first-order valence-electron chi connectivity index (χ1n) is 9.00. The van der Waals surface area contributed by atoms with E-state index < -0.39 is 0 Å². The average molecular weight is 358 g/mol. The summed E-state index contributed by atoms with van der Waals surface area (Å²) in [6, 6.07) is 7.98. The smallest absolute Gasteiger partial charge is 0.331 e. The quantitative estimate of drug-likeness (QED) is 0.273. The molecule has 140 valence electrons. The van der Waals surface area contributed by atoms with Gasteiger partial charge in [-0.05, 0) is 67.4 Å². The third-order valence-corrected chi connectivity index (χ3v) is 4.25. The first-order valence-corrected chi connectivity index (χ1v) is 9.00. The van der Waals surface area contributed by atoms with Crippen LogP contribution in [0.25, 0.3) is 5.57 Å². The predicted molar refractivity (Wildman–Crippen MR) is 99.7 cm³/mol. The fraction of sp³-hybridized carbons (Fsp3) is 0.429. The van der Waals surface area contributed by atoms with Crippen LogP contribution in [0.3, 0.4) is 0 Å². The van der Waals surface area contributed by atoms with Crippen LogP contribution in [0.1, 0.15) is 44.1 Å². The minimum Gasteiger partial charge on any atom is -0.497 e. The van der Waals surface area contributed by atoms with Gasteiger partial charge in [-0.1, -0.05) is 18.2 Å². The van der Waals surface area contributed by atoms with Crippen molar-refractivity contribution >= 4 is 18.0 Å². The van der Waals surface area contributed by atoms with Crippen molar-refractivity contribution < 1.29 is 23.8 Å². The van der Waals surface area contributed by atoms with Crippen LogP contribution in [0.15, 0.2) is 42.0 Å². The van der Waals surface area contributed by atoms with E-state index in [1.807, 2.05) is 24.3 Å². The van der Waals surface area contributed by atoms with Crippen molar-refractivity contribution in [3.8, 4) is 5.75 Å². The minimum absolute atomic E-state index is 0.295. The van der Waals surface area contributed by atoms with E-state index in [-0.39, 0.29) is 5.97 Å². The Morgan fingerprint density at radius 2 is 1.85 bits per heavy atom. The SMILES string of the molecule is COc1ccc(C2=C/C(=C/C(=O)OCCCCCOC=O)CCC2)cc1. The van der Waals surface area contributed by atoms with Crippen LogP contribution in [0.4, 0.5) is 0 Å². The third-order valence-electron chi connectivity index (χ3n) is 4.25. The molecule has 0 N–H and O–H groups in total. The van der Waals surface area contributed by atoms with E-state index >= 15 is 0 Å². The number of hydrogen-bond donors (Lipinski definition) is 0. The summed E-state index contributed by atoms with van der Waals surface area (Å²) in [5, 5.41) is 0. The molecule has 0 atom stereocenters. The summed E-state index contributed by atoms with van der Waals surface area (Å²) < 4.78 is 15.1. The van der Waals surface area contributed by atoms with E-state index in [9.17, 15) is 9.59 Å². The number of ether oxygens (including phenoxy) is 3. The van der Waals surface area contributed by atoms with Gasteiger partial charge >= 0.3 is 5.97 Å². The number of hydrogen-bond acceptors (Lipinski definition) is 5. The molecule has 2 rings (SSSR count). The summed E-state index contributed by atoms with van der Waals surface area (Å²) in [5.41, 5.74) is 3.39. The normalized spacial score (nSPS) is 15.3. The van der Waals surface area contributed by atoms with Crippen molar-refractivity contribution in [1.29, 1.82) is 0 Å². The molecule has 1 aromatic rings. The number of esters is 1. The molecule has 0 fully saturated rings. The molecule has 0 saturated heterocycles. The van der Waals surface area contributed by atoms with Gasteiger partial charge in [0.2, 0.25) is 0 Å². The van der Waals surface area contributed by atoms with Crippen LogP contribution in [0, 0.1) is 0 Å². The monoisotopic (exact) mass is 358 g/mol. The van der Waals surface area contributed by atoms with Crippen LogP contribution in [0.5, 0.6) is 5.75 Å². The highest BCUT2D eigenvalue weighted by Gasteiger charge is 2.11. The molecule has 0 aromatic heterocycles. The maximum Gasteiger partial charge on any atom is 0.331 e. The number of carbonyl (C=O) groups is 2. The van der Waals surface area contributed by atoms with E-state index in [0.29, 0.717) is 19.7 Å². The van der Waals surface area contributed by atoms with Crippen molar-refractivity contribution in [1.82, 2.24) is 0 Å². The molecule has 5 heteroatoms. The zero-order chi connectivity index (χ0) is 18.6. The lowest BCUT2D eigenvalue weighted by molar-refractivity contribution is -0.137. The van der Waals surface area contributed by atoms with E-state index in [2.05, 4.69) is 10.8 Å². The summed E-state index contributed by atoms with van der Waals surface area (Å²) >= 11 is 0. The van der Waals surface area contributed by atoms with E-state index in [0.717, 1.165) is 55.4 Å². The van der Waals surface area contributed by atoms with E-state index in [1.54, 1.807) is 13.2 Å². The molecule has 1 aromatic carbocycles. The Morgan fingerprint density at radius 1 is 1.08 bits per heavy atom. The Hall–Kier alpha value is -2.56. The molecular formula is C21H26O5. The second-order valence-corrected chi connectivity index (χ2v) is 6.17. The number of carbonyl (C=O) groups excluding carboxylic acids is 2. The Morgan fingerprint density at radius 3 is 2.58 bits per heavy atom. The van der Waals surface area contributed by atoms with Gasteiger partial charge in [-0.15, -0.1) is 0 Å². The van der Waals surface area contributed by atoms with Crippen molar-refractivity contribution in [2.45, 2.75) is 38.5 Å². The number of allylic oxidation sites excluding steroid dienone is 3.